The van der Waals surface area contributed by atoms with Crippen LogP contribution in [0.3, 0.4) is 0 Å². The van der Waals surface area contributed by atoms with Crippen molar-refractivity contribution in [3.05, 3.63) is 70.8 Å². The molecule has 4 nitrogen and oxygen atoms in total. The summed E-state index contributed by atoms with van der Waals surface area (Å²) in [7, 11) is 0. The molecule has 0 bridgehead atoms. The molecule has 1 atom stereocenters. The van der Waals surface area contributed by atoms with Gasteiger partial charge in [-0.15, -0.1) is 0 Å². The van der Waals surface area contributed by atoms with Crippen molar-refractivity contribution in [3.63, 3.8) is 0 Å². The molecule has 4 rings (SSSR count). The van der Waals surface area contributed by atoms with Gasteiger partial charge in [-0.3, -0.25) is 14.6 Å². The SMILES string of the molecule is C[C@H]1CCCN(Cc2ccc(C(=O)NCc3cccc(CN4CCCCC4)c3)cc2)C1. The molecule has 1 N–H and O–H groups in total. The van der Waals surface area contributed by atoms with Crippen LogP contribution >= 0.6 is 0 Å². The highest BCUT2D eigenvalue weighted by molar-refractivity contribution is 5.94. The van der Waals surface area contributed by atoms with Crippen LogP contribution in [0.4, 0.5) is 0 Å². The number of rotatable bonds is 7. The first-order chi connectivity index (χ1) is 15.2. The molecular formula is C27H37N3O. The highest BCUT2D eigenvalue weighted by Crippen LogP contribution is 2.18. The van der Waals surface area contributed by atoms with Crippen LogP contribution in [-0.2, 0) is 19.6 Å². The third-order valence-electron chi connectivity index (χ3n) is 6.66. The second kappa shape index (κ2) is 10.9. The molecule has 2 aliphatic rings. The van der Waals surface area contributed by atoms with Crippen molar-refractivity contribution in [1.29, 1.82) is 0 Å². The van der Waals surface area contributed by atoms with Crippen LogP contribution in [0.2, 0.25) is 0 Å². The van der Waals surface area contributed by atoms with Crippen LogP contribution in [0.15, 0.2) is 48.5 Å². The molecule has 2 heterocycles. The second-order valence-electron chi connectivity index (χ2n) is 9.52. The van der Waals surface area contributed by atoms with E-state index in [1.54, 1.807) is 0 Å². The lowest BCUT2D eigenvalue weighted by molar-refractivity contribution is 0.0951. The molecule has 31 heavy (non-hydrogen) atoms. The molecule has 4 heteroatoms. The van der Waals surface area contributed by atoms with E-state index in [1.807, 2.05) is 12.1 Å². The third kappa shape index (κ3) is 6.65. The van der Waals surface area contributed by atoms with E-state index in [9.17, 15) is 4.79 Å². The summed E-state index contributed by atoms with van der Waals surface area (Å²) in [6.07, 6.45) is 6.62. The predicted molar refractivity (Wildman–Crippen MR) is 127 cm³/mol. The van der Waals surface area contributed by atoms with Gasteiger partial charge in [0, 0.05) is 31.7 Å². The molecule has 0 radical (unpaired) electrons. The molecule has 0 aromatic heterocycles. The average molecular weight is 420 g/mol. The average Bonchev–Trinajstić information content (AvgIpc) is 2.79. The van der Waals surface area contributed by atoms with Gasteiger partial charge in [0.2, 0.25) is 0 Å². The van der Waals surface area contributed by atoms with Crippen molar-refractivity contribution in [2.75, 3.05) is 26.2 Å². The van der Waals surface area contributed by atoms with Crippen molar-refractivity contribution in [1.82, 2.24) is 15.1 Å². The van der Waals surface area contributed by atoms with Crippen molar-refractivity contribution < 1.29 is 4.79 Å². The van der Waals surface area contributed by atoms with Crippen molar-refractivity contribution in [3.8, 4) is 0 Å². The minimum Gasteiger partial charge on any atom is -0.348 e. The Labute approximate surface area is 187 Å². The van der Waals surface area contributed by atoms with Gasteiger partial charge in [0.15, 0.2) is 0 Å². The minimum absolute atomic E-state index is 0.000390. The Bertz CT molecular complexity index is 842. The highest BCUT2D eigenvalue weighted by Gasteiger charge is 2.16. The van der Waals surface area contributed by atoms with E-state index in [2.05, 4.69) is 58.4 Å². The van der Waals surface area contributed by atoms with Crippen LogP contribution in [0.5, 0.6) is 0 Å². The molecule has 0 spiro atoms. The Morgan fingerprint density at radius 1 is 0.871 bits per heavy atom. The molecule has 0 aliphatic carbocycles. The number of carbonyl (C=O) groups is 1. The molecule has 2 aromatic carbocycles. The third-order valence-corrected chi connectivity index (χ3v) is 6.66. The topological polar surface area (TPSA) is 35.6 Å². The maximum Gasteiger partial charge on any atom is 0.251 e. The minimum atomic E-state index is -0.000390. The smallest absolute Gasteiger partial charge is 0.251 e. The Hall–Kier alpha value is -2.17. The molecule has 166 valence electrons. The molecule has 0 unspecified atom stereocenters. The zero-order valence-corrected chi connectivity index (χ0v) is 19.0. The molecule has 2 saturated heterocycles. The summed E-state index contributed by atoms with van der Waals surface area (Å²) >= 11 is 0. The summed E-state index contributed by atoms with van der Waals surface area (Å²) in [6, 6.07) is 16.8. The van der Waals surface area contributed by atoms with E-state index in [1.165, 1.54) is 75.0 Å². The van der Waals surface area contributed by atoms with E-state index in [4.69, 9.17) is 0 Å². The number of hydrogen-bond donors (Lipinski definition) is 1. The number of amides is 1. The summed E-state index contributed by atoms with van der Waals surface area (Å²) in [6.45, 7) is 9.67. The number of carbonyl (C=O) groups excluding carboxylic acids is 1. The Balaban J connectivity index is 1.27. The standard InChI is InChI=1S/C27H37N3O/c1-22-7-6-16-30(19-22)20-23-10-12-26(13-11-23)27(31)28-18-24-8-5-9-25(17-24)21-29-14-3-2-4-15-29/h5,8-13,17,22H,2-4,6-7,14-16,18-21H2,1H3,(H,28,31)/t22-/m0/s1. The molecule has 1 amide bonds. The fourth-order valence-corrected chi connectivity index (χ4v) is 4.95. The van der Waals surface area contributed by atoms with Crippen molar-refractivity contribution in [2.45, 2.75) is 58.7 Å². The fourth-order valence-electron chi connectivity index (χ4n) is 4.95. The van der Waals surface area contributed by atoms with Crippen LogP contribution in [0.1, 0.15) is 66.1 Å². The molecule has 2 aromatic rings. The number of nitrogens with zero attached hydrogens (tertiary/aromatic N) is 2. The number of nitrogens with one attached hydrogen (secondary N) is 1. The van der Waals surface area contributed by atoms with Crippen LogP contribution in [0, 0.1) is 5.92 Å². The Kier molecular flexibility index (Phi) is 7.76. The Morgan fingerprint density at radius 3 is 2.35 bits per heavy atom. The summed E-state index contributed by atoms with van der Waals surface area (Å²) in [5.74, 6) is 0.789. The van der Waals surface area contributed by atoms with E-state index in [0.717, 1.165) is 24.6 Å². The second-order valence-corrected chi connectivity index (χ2v) is 9.52. The highest BCUT2D eigenvalue weighted by atomic mass is 16.1. The number of likely N-dealkylation sites (tertiary alicyclic amines) is 2. The quantitative estimate of drug-likeness (QED) is 0.698. The Morgan fingerprint density at radius 2 is 1.58 bits per heavy atom. The van der Waals surface area contributed by atoms with E-state index in [-0.39, 0.29) is 5.91 Å². The molecule has 2 fully saturated rings. The lowest BCUT2D eigenvalue weighted by atomic mass is 9.99. The summed E-state index contributed by atoms with van der Waals surface area (Å²) < 4.78 is 0. The van der Waals surface area contributed by atoms with E-state index in [0.29, 0.717) is 6.54 Å². The largest absolute Gasteiger partial charge is 0.348 e. The molecule has 0 saturated carbocycles. The van der Waals surface area contributed by atoms with Crippen molar-refractivity contribution >= 4 is 5.91 Å². The van der Waals surface area contributed by atoms with Gasteiger partial charge in [0.25, 0.3) is 5.91 Å². The number of piperidine rings is 2. The van der Waals surface area contributed by atoms with Gasteiger partial charge < -0.3 is 5.32 Å². The first-order valence-corrected chi connectivity index (χ1v) is 12.1. The van der Waals surface area contributed by atoms with E-state index >= 15 is 0 Å². The summed E-state index contributed by atoms with van der Waals surface area (Å²) in [4.78, 5) is 17.7. The lowest BCUT2D eigenvalue weighted by Gasteiger charge is -2.30. The predicted octanol–water partition coefficient (Wildman–Crippen LogP) is 4.83. The maximum atomic E-state index is 12.6. The summed E-state index contributed by atoms with van der Waals surface area (Å²) in [5.41, 5.74) is 4.53. The van der Waals surface area contributed by atoms with Gasteiger partial charge in [0.05, 0.1) is 0 Å². The van der Waals surface area contributed by atoms with E-state index < -0.39 is 0 Å². The maximum absolute atomic E-state index is 12.6. The van der Waals surface area contributed by atoms with Crippen LogP contribution in [-0.4, -0.2) is 41.9 Å². The zero-order valence-electron chi connectivity index (χ0n) is 19.0. The number of benzene rings is 2. The van der Waals surface area contributed by atoms with Gasteiger partial charge in [-0.2, -0.15) is 0 Å². The van der Waals surface area contributed by atoms with Gasteiger partial charge in [0.1, 0.15) is 0 Å². The van der Waals surface area contributed by atoms with Crippen LogP contribution in [0.25, 0.3) is 0 Å². The van der Waals surface area contributed by atoms with Gasteiger partial charge >= 0.3 is 0 Å². The number of hydrogen-bond acceptors (Lipinski definition) is 3. The molecule has 2 aliphatic heterocycles. The zero-order chi connectivity index (χ0) is 21.5. The normalized spacial score (nSPS) is 20.5. The monoisotopic (exact) mass is 419 g/mol. The van der Waals surface area contributed by atoms with Gasteiger partial charge in [-0.25, -0.2) is 0 Å². The van der Waals surface area contributed by atoms with Crippen LogP contribution < -0.4 is 5.32 Å². The lowest BCUT2D eigenvalue weighted by Crippen LogP contribution is -2.33. The molecular weight excluding hydrogens is 382 g/mol. The fraction of sp³-hybridized carbons (Fsp3) is 0.519. The summed E-state index contributed by atoms with van der Waals surface area (Å²) in [5, 5.41) is 3.09. The van der Waals surface area contributed by atoms with Crippen molar-refractivity contribution in [2.24, 2.45) is 5.92 Å². The van der Waals surface area contributed by atoms with Gasteiger partial charge in [-0.1, -0.05) is 49.7 Å². The first-order valence-electron chi connectivity index (χ1n) is 12.1. The first kappa shape index (κ1) is 22.0. The van der Waals surface area contributed by atoms with Gasteiger partial charge in [-0.05, 0) is 80.1 Å².